The smallest absolute Gasteiger partial charge is 0.196 e. The fourth-order valence-corrected chi connectivity index (χ4v) is 2.29. The van der Waals surface area contributed by atoms with Crippen molar-refractivity contribution in [2.24, 2.45) is 5.10 Å². The van der Waals surface area contributed by atoms with Crippen molar-refractivity contribution < 1.29 is 4.74 Å². The molecule has 0 heterocycles. The van der Waals surface area contributed by atoms with Gasteiger partial charge in [-0.15, -0.1) is 0 Å². The van der Waals surface area contributed by atoms with Crippen LogP contribution in [0.25, 0.3) is 0 Å². The summed E-state index contributed by atoms with van der Waals surface area (Å²) >= 11 is 5.51. The van der Waals surface area contributed by atoms with E-state index in [1.165, 1.54) is 5.56 Å². The lowest BCUT2D eigenvalue weighted by molar-refractivity contribution is 0.414. The average Bonchev–Trinajstić information content (AvgIpc) is 2.58. The topological polar surface area (TPSA) is 28.1 Å². The molecule has 4 nitrogen and oxygen atoms in total. The van der Waals surface area contributed by atoms with Crippen LogP contribution in [0.2, 0.25) is 0 Å². The minimum Gasteiger partial charge on any atom is -0.496 e. The molecular formula is C18H21N3OS. The van der Waals surface area contributed by atoms with E-state index >= 15 is 0 Å². The van der Waals surface area contributed by atoms with E-state index in [-0.39, 0.29) is 0 Å². The molecule has 0 aromatic heterocycles. The van der Waals surface area contributed by atoms with Crippen molar-refractivity contribution in [2.75, 3.05) is 26.1 Å². The third-order valence-electron chi connectivity index (χ3n) is 3.46. The third kappa shape index (κ3) is 4.29. The molecule has 2 aromatic carbocycles. The highest BCUT2D eigenvalue weighted by atomic mass is 32.1. The first-order valence-corrected chi connectivity index (χ1v) is 7.69. The molecule has 0 saturated heterocycles. The predicted molar refractivity (Wildman–Crippen MR) is 101 cm³/mol. The quantitative estimate of drug-likeness (QED) is 0.486. The molecule has 0 unspecified atom stereocenters. The molecule has 2 rings (SSSR count). The third-order valence-corrected chi connectivity index (χ3v) is 4.00. The molecule has 120 valence electrons. The molecule has 0 aliphatic rings. The largest absolute Gasteiger partial charge is 0.496 e. The first-order chi connectivity index (χ1) is 11.0. The van der Waals surface area contributed by atoms with E-state index in [1.807, 2.05) is 55.4 Å². The molecule has 5 heteroatoms. The number of hydrazone groups is 1. The zero-order valence-electron chi connectivity index (χ0n) is 13.9. The van der Waals surface area contributed by atoms with E-state index in [0.29, 0.717) is 5.11 Å². The Balaban J connectivity index is 2.12. The molecule has 0 aliphatic carbocycles. The Labute approximate surface area is 143 Å². The Morgan fingerprint density at radius 2 is 1.87 bits per heavy atom. The summed E-state index contributed by atoms with van der Waals surface area (Å²) in [5.74, 6) is 0.780. The van der Waals surface area contributed by atoms with Crippen molar-refractivity contribution in [2.45, 2.75) is 6.92 Å². The zero-order valence-corrected chi connectivity index (χ0v) is 14.7. The van der Waals surface area contributed by atoms with Crippen molar-refractivity contribution >= 4 is 29.2 Å². The van der Waals surface area contributed by atoms with E-state index in [4.69, 9.17) is 17.0 Å². The maximum Gasteiger partial charge on any atom is 0.196 e. The van der Waals surface area contributed by atoms with Gasteiger partial charge in [0.1, 0.15) is 5.75 Å². The standard InChI is InChI=1S/C18H21N3OS/c1-14-8-7-10-16(12-14)20(2)18(23)21(3)19-13-15-9-5-6-11-17(15)22-4/h5-13H,1-4H3/b19-13+. The van der Waals surface area contributed by atoms with Crippen molar-refractivity contribution in [3.8, 4) is 5.75 Å². The molecule has 0 amide bonds. The summed E-state index contributed by atoms with van der Waals surface area (Å²) in [6.07, 6.45) is 1.75. The number of nitrogens with zero attached hydrogens (tertiary/aromatic N) is 3. The van der Waals surface area contributed by atoms with Crippen LogP contribution in [0.15, 0.2) is 53.6 Å². The monoisotopic (exact) mass is 327 g/mol. The van der Waals surface area contributed by atoms with Crippen molar-refractivity contribution in [3.63, 3.8) is 0 Å². The second-order valence-electron chi connectivity index (χ2n) is 5.19. The second-order valence-corrected chi connectivity index (χ2v) is 5.56. The zero-order chi connectivity index (χ0) is 16.8. The number of benzene rings is 2. The summed E-state index contributed by atoms with van der Waals surface area (Å²) in [5.41, 5.74) is 3.13. The van der Waals surface area contributed by atoms with Gasteiger partial charge in [0.2, 0.25) is 0 Å². The maximum absolute atomic E-state index is 5.51. The first-order valence-electron chi connectivity index (χ1n) is 7.28. The fraction of sp³-hybridized carbons (Fsp3) is 0.222. The van der Waals surface area contributed by atoms with Crippen LogP contribution in [0.3, 0.4) is 0 Å². The molecule has 0 radical (unpaired) electrons. The summed E-state index contributed by atoms with van der Waals surface area (Å²) in [6, 6.07) is 15.9. The van der Waals surface area contributed by atoms with Crippen LogP contribution in [0.5, 0.6) is 5.75 Å². The van der Waals surface area contributed by atoms with E-state index in [1.54, 1.807) is 18.3 Å². The number of methoxy groups -OCH3 is 1. The number of hydrogen-bond acceptors (Lipinski definition) is 3. The summed E-state index contributed by atoms with van der Waals surface area (Å²) in [5, 5.41) is 6.70. The van der Waals surface area contributed by atoms with Gasteiger partial charge in [-0.05, 0) is 49.0 Å². The lowest BCUT2D eigenvalue weighted by Gasteiger charge is -2.25. The van der Waals surface area contributed by atoms with Crippen LogP contribution in [-0.2, 0) is 0 Å². The number of ether oxygens (including phenoxy) is 1. The number of para-hydroxylation sites is 1. The summed E-state index contributed by atoms with van der Waals surface area (Å²) in [6.45, 7) is 2.06. The highest BCUT2D eigenvalue weighted by molar-refractivity contribution is 7.80. The van der Waals surface area contributed by atoms with Crippen LogP contribution >= 0.6 is 12.2 Å². The Morgan fingerprint density at radius 3 is 2.57 bits per heavy atom. The predicted octanol–water partition coefficient (Wildman–Crippen LogP) is 3.69. The van der Waals surface area contributed by atoms with Crippen LogP contribution in [-0.4, -0.2) is 37.5 Å². The summed E-state index contributed by atoms with van der Waals surface area (Å²) < 4.78 is 5.32. The normalized spacial score (nSPS) is 10.6. The molecule has 0 N–H and O–H groups in total. The first kappa shape index (κ1) is 17.0. The molecule has 0 saturated carbocycles. The SMILES string of the molecule is COc1ccccc1/C=N/N(C)C(=S)N(C)c1cccc(C)c1. The number of rotatable bonds is 4. The highest BCUT2D eigenvalue weighted by Gasteiger charge is 2.11. The molecule has 2 aromatic rings. The van der Waals surface area contributed by atoms with E-state index in [9.17, 15) is 0 Å². The Kier molecular flexibility index (Phi) is 5.71. The van der Waals surface area contributed by atoms with Gasteiger partial charge in [0.05, 0.1) is 13.3 Å². The number of aryl methyl sites for hydroxylation is 1. The van der Waals surface area contributed by atoms with Crippen molar-refractivity contribution in [3.05, 3.63) is 59.7 Å². The van der Waals surface area contributed by atoms with Crippen LogP contribution < -0.4 is 9.64 Å². The highest BCUT2D eigenvalue weighted by Crippen LogP contribution is 2.17. The minimum absolute atomic E-state index is 0.613. The molecule has 23 heavy (non-hydrogen) atoms. The van der Waals surface area contributed by atoms with Gasteiger partial charge in [0.25, 0.3) is 0 Å². The summed E-state index contributed by atoms with van der Waals surface area (Å²) in [7, 11) is 5.42. The Bertz CT molecular complexity index is 715. The van der Waals surface area contributed by atoms with Gasteiger partial charge >= 0.3 is 0 Å². The number of hydrogen-bond donors (Lipinski definition) is 0. The molecule has 0 fully saturated rings. The summed E-state index contributed by atoms with van der Waals surface area (Å²) in [4.78, 5) is 1.93. The van der Waals surface area contributed by atoms with E-state index < -0.39 is 0 Å². The van der Waals surface area contributed by atoms with Crippen molar-refractivity contribution in [1.29, 1.82) is 0 Å². The Morgan fingerprint density at radius 1 is 1.13 bits per heavy atom. The van der Waals surface area contributed by atoms with Crippen molar-refractivity contribution in [1.82, 2.24) is 5.01 Å². The Hall–Kier alpha value is -2.40. The lowest BCUT2D eigenvalue weighted by atomic mass is 10.2. The van der Waals surface area contributed by atoms with Gasteiger partial charge in [-0.3, -0.25) is 0 Å². The average molecular weight is 327 g/mol. The minimum atomic E-state index is 0.613. The van der Waals surface area contributed by atoms with Crippen LogP contribution in [0, 0.1) is 6.92 Å². The number of thiocarbonyl (C=S) groups is 1. The van der Waals surface area contributed by atoms with Gasteiger partial charge < -0.3 is 9.64 Å². The van der Waals surface area contributed by atoms with Gasteiger partial charge in [-0.25, -0.2) is 5.01 Å². The van der Waals surface area contributed by atoms with Gasteiger partial charge in [0, 0.05) is 25.3 Å². The van der Waals surface area contributed by atoms with E-state index in [0.717, 1.165) is 17.0 Å². The molecule has 0 atom stereocenters. The molecule has 0 aliphatic heterocycles. The van der Waals surface area contributed by atoms with E-state index in [2.05, 4.69) is 24.2 Å². The van der Waals surface area contributed by atoms with Gasteiger partial charge in [0.15, 0.2) is 5.11 Å². The van der Waals surface area contributed by atoms with Gasteiger partial charge in [-0.1, -0.05) is 24.3 Å². The second kappa shape index (κ2) is 7.74. The fourth-order valence-electron chi connectivity index (χ4n) is 2.14. The lowest BCUT2D eigenvalue weighted by Crippen LogP contribution is -2.35. The van der Waals surface area contributed by atoms with Crippen LogP contribution in [0.1, 0.15) is 11.1 Å². The number of anilines is 1. The maximum atomic E-state index is 5.51. The van der Waals surface area contributed by atoms with Crippen LogP contribution in [0.4, 0.5) is 5.69 Å². The molecular weight excluding hydrogens is 306 g/mol. The molecule has 0 spiro atoms. The molecule has 0 bridgehead atoms. The van der Waals surface area contributed by atoms with Gasteiger partial charge in [-0.2, -0.15) is 5.10 Å².